The van der Waals surface area contributed by atoms with Crippen LogP contribution in [-0.2, 0) is 21.6 Å². The normalized spacial score (nSPS) is 22.5. The molecule has 0 saturated carbocycles. The highest BCUT2D eigenvalue weighted by atomic mass is 19.1. The fourth-order valence-electron chi connectivity index (χ4n) is 5.04. The summed E-state index contributed by atoms with van der Waals surface area (Å²) in [6.07, 6.45) is 4.05. The number of rotatable bonds is 9. The Morgan fingerprint density at radius 2 is 1.97 bits per heavy atom. The summed E-state index contributed by atoms with van der Waals surface area (Å²) in [5.74, 6) is -1.18. The van der Waals surface area contributed by atoms with E-state index >= 15 is 0 Å². The summed E-state index contributed by atoms with van der Waals surface area (Å²) in [7, 11) is 0. The Morgan fingerprint density at radius 3 is 2.62 bits per heavy atom. The first-order valence-electron chi connectivity index (χ1n) is 12.0. The number of ketones is 1. The monoisotopic (exact) mass is 469 g/mol. The number of Topliss-reactive ketones (excluding diaryl/α,β-unsaturated/α-hetero) is 1. The molecule has 2 aliphatic rings. The van der Waals surface area contributed by atoms with Crippen molar-refractivity contribution in [2.75, 3.05) is 13.2 Å². The fraction of sp³-hybridized carbons (Fsp3) is 0.500. The van der Waals surface area contributed by atoms with E-state index < -0.39 is 23.3 Å². The summed E-state index contributed by atoms with van der Waals surface area (Å²) in [6.45, 7) is 6.91. The smallest absolute Gasteiger partial charge is 0.325 e. The van der Waals surface area contributed by atoms with Crippen LogP contribution in [0.3, 0.4) is 0 Å². The van der Waals surface area contributed by atoms with Crippen LogP contribution in [0.2, 0.25) is 0 Å². The van der Waals surface area contributed by atoms with E-state index in [9.17, 15) is 18.8 Å². The Hall–Kier alpha value is -3.00. The molecule has 0 aliphatic carbocycles. The van der Waals surface area contributed by atoms with Crippen molar-refractivity contribution in [2.24, 2.45) is 0 Å². The van der Waals surface area contributed by atoms with Crippen molar-refractivity contribution in [1.82, 2.24) is 14.8 Å². The van der Waals surface area contributed by atoms with Gasteiger partial charge in [-0.25, -0.2) is 9.18 Å². The van der Waals surface area contributed by atoms with Gasteiger partial charge in [0.1, 0.15) is 11.4 Å². The van der Waals surface area contributed by atoms with Crippen molar-refractivity contribution in [2.45, 2.75) is 71.1 Å². The summed E-state index contributed by atoms with van der Waals surface area (Å²) in [4.78, 5) is 40.7. The molecule has 1 aromatic carbocycles. The third kappa shape index (κ3) is 4.39. The van der Waals surface area contributed by atoms with Gasteiger partial charge in [-0.2, -0.15) is 0 Å². The highest BCUT2D eigenvalue weighted by Crippen LogP contribution is 2.34. The molecule has 7 nitrogen and oxygen atoms in total. The van der Waals surface area contributed by atoms with Crippen LogP contribution in [0.4, 0.5) is 9.18 Å². The van der Waals surface area contributed by atoms with E-state index in [4.69, 9.17) is 4.74 Å². The lowest BCUT2D eigenvalue weighted by molar-refractivity contribution is -0.131. The third-order valence-corrected chi connectivity index (χ3v) is 7.00. The average molecular weight is 470 g/mol. The SMILES string of the molecule is CCCC[C@]1(c2ccc(F)cc2)NC(=O)N(CC(=O)c2cc(C)n(C[C@@H]3CCCO3)c2C)C1=O. The van der Waals surface area contributed by atoms with Gasteiger partial charge in [-0.05, 0) is 56.9 Å². The highest BCUT2D eigenvalue weighted by Gasteiger charge is 2.52. The molecule has 1 aromatic heterocycles. The zero-order valence-electron chi connectivity index (χ0n) is 20.0. The van der Waals surface area contributed by atoms with Crippen molar-refractivity contribution >= 4 is 17.7 Å². The maximum atomic E-state index is 13.6. The number of carbonyl (C=O) groups excluding carboxylic acids is 3. The van der Waals surface area contributed by atoms with Gasteiger partial charge in [0.25, 0.3) is 5.91 Å². The number of aromatic nitrogens is 1. The highest BCUT2D eigenvalue weighted by molar-refractivity contribution is 6.11. The summed E-state index contributed by atoms with van der Waals surface area (Å²) < 4.78 is 21.3. The van der Waals surface area contributed by atoms with Crippen LogP contribution in [0.5, 0.6) is 0 Å². The number of benzene rings is 1. The number of aryl methyl sites for hydroxylation is 1. The van der Waals surface area contributed by atoms with Crippen molar-refractivity contribution in [3.63, 3.8) is 0 Å². The van der Waals surface area contributed by atoms with Crippen LogP contribution in [0.15, 0.2) is 30.3 Å². The molecule has 0 spiro atoms. The number of nitrogens with one attached hydrogen (secondary N) is 1. The molecule has 3 amide bonds. The number of urea groups is 1. The number of ether oxygens (including phenoxy) is 1. The number of unbranched alkanes of at least 4 members (excludes halogenated alkanes) is 1. The van der Waals surface area contributed by atoms with Gasteiger partial charge in [-0.3, -0.25) is 14.5 Å². The molecular weight excluding hydrogens is 437 g/mol. The summed E-state index contributed by atoms with van der Waals surface area (Å²) in [5, 5.41) is 2.82. The van der Waals surface area contributed by atoms with Gasteiger partial charge in [-0.1, -0.05) is 31.9 Å². The lowest BCUT2D eigenvalue weighted by atomic mass is 9.84. The number of imide groups is 1. The van der Waals surface area contributed by atoms with E-state index in [2.05, 4.69) is 9.88 Å². The molecule has 1 N–H and O–H groups in total. The van der Waals surface area contributed by atoms with Crippen LogP contribution in [0, 0.1) is 19.7 Å². The average Bonchev–Trinajstić information content (AvgIpc) is 3.49. The number of carbonyl (C=O) groups is 3. The molecule has 3 heterocycles. The van der Waals surface area contributed by atoms with E-state index in [1.54, 1.807) is 0 Å². The van der Waals surface area contributed by atoms with Crippen LogP contribution >= 0.6 is 0 Å². The second kappa shape index (κ2) is 9.70. The Morgan fingerprint density at radius 1 is 1.24 bits per heavy atom. The van der Waals surface area contributed by atoms with Gasteiger partial charge in [0.05, 0.1) is 12.6 Å². The lowest BCUT2D eigenvalue weighted by Crippen LogP contribution is -2.44. The maximum Gasteiger partial charge on any atom is 0.325 e. The van der Waals surface area contributed by atoms with E-state index in [1.807, 2.05) is 26.8 Å². The first kappa shape index (κ1) is 24.1. The molecule has 2 atom stereocenters. The topological polar surface area (TPSA) is 80.6 Å². The molecule has 0 unspecified atom stereocenters. The minimum absolute atomic E-state index is 0.133. The number of amides is 3. The Labute approximate surface area is 199 Å². The van der Waals surface area contributed by atoms with Gasteiger partial charge in [-0.15, -0.1) is 0 Å². The van der Waals surface area contributed by atoms with Gasteiger partial charge >= 0.3 is 6.03 Å². The minimum atomic E-state index is -1.29. The first-order valence-corrected chi connectivity index (χ1v) is 12.0. The number of halogens is 1. The molecule has 2 aliphatic heterocycles. The van der Waals surface area contributed by atoms with Crippen LogP contribution < -0.4 is 5.32 Å². The molecule has 4 rings (SSSR count). The maximum absolute atomic E-state index is 13.6. The molecule has 2 fully saturated rings. The van der Waals surface area contributed by atoms with Crippen molar-refractivity contribution < 1.29 is 23.5 Å². The second-order valence-corrected chi connectivity index (χ2v) is 9.29. The van der Waals surface area contributed by atoms with Crippen molar-refractivity contribution in [1.29, 1.82) is 0 Å². The van der Waals surface area contributed by atoms with Gasteiger partial charge in [0, 0.05) is 30.1 Å². The predicted molar refractivity (Wildman–Crippen MR) is 125 cm³/mol. The zero-order chi connectivity index (χ0) is 24.5. The van der Waals surface area contributed by atoms with Gasteiger partial charge in [0.2, 0.25) is 0 Å². The van der Waals surface area contributed by atoms with Crippen LogP contribution in [-0.4, -0.2) is 46.4 Å². The third-order valence-electron chi connectivity index (χ3n) is 7.00. The van der Waals surface area contributed by atoms with E-state index in [0.717, 1.165) is 42.2 Å². The number of nitrogens with zero attached hydrogens (tertiary/aromatic N) is 2. The van der Waals surface area contributed by atoms with Crippen molar-refractivity contribution in [3.8, 4) is 0 Å². The van der Waals surface area contributed by atoms with Crippen LogP contribution in [0.1, 0.15) is 66.3 Å². The standard InChI is InChI=1S/C26H32FN3O4/c1-4-5-12-26(19-8-10-20(27)11-9-19)24(32)30(25(33)28-26)16-23(31)22-14-17(2)29(18(22)3)15-21-7-6-13-34-21/h8-11,14,21H,4-7,12-13,15-16H2,1-3H3,(H,28,33)/t21-,26+/m0/s1. The molecule has 34 heavy (non-hydrogen) atoms. The molecular formula is C26H32FN3O4. The van der Waals surface area contributed by atoms with Crippen molar-refractivity contribution in [3.05, 3.63) is 58.7 Å². The summed E-state index contributed by atoms with van der Waals surface area (Å²) in [5.41, 5.74) is 1.48. The molecule has 0 bridgehead atoms. The molecule has 8 heteroatoms. The zero-order valence-corrected chi connectivity index (χ0v) is 20.0. The Bertz CT molecular complexity index is 1090. The van der Waals surface area contributed by atoms with Crippen LogP contribution in [0.25, 0.3) is 0 Å². The molecule has 182 valence electrons. The fourth-order valence-corrected chi connectivity index (χ4v) is 5.04. The second-order valence-electron chi connectivity index (χ2n) is 9.29. The molecule has 2 aromatic rings. The largest absolute Gasteiger partial charge is 0.376 e. The quantitative estimate of drug-likeness (QED) is 0.440. The molecule has 0 radical (unpaired) electrons. The van der Waals surface area contributed by atoms with E-state index in [0.29, 0.717) is 30.5 Å². The summed E-state index contributed by atoms with van der Waals surface area (Å²) in [6, 6.07) is 6.81. The van der Waals surface area contributed by atoms with Gasteiger partial charge in [0.15, 0.2) is 5.78 Å². The van der Waals surface area contributed by atoms with E-state index in [-0.39, 0.29) is 18.4 Å². The number of hydrogen-bond acceptors (Lipinski definition) is 4. The Balaban J connectivity index is 1.57. The molecule has 2 saturated heterocycles. The number of hydrogen-bond donors (Lipinski definition) is 1. The minimum Gasteiger partial charge on any atom is -0.376 e. The van der Waals surface area contributed by atoms with E-state index in [1.165, 1.54) is 24.3 Å². The Kier molecular flexibility index (Phi) is 6.89. The first-order chi connectivity index (χ1) is 16.3. The van der Waals surface area contributed by atoms with Gasteiger partial charge < -0.3 is 14.6 Å². The summed E-state index contributed by atoms with van der Waals surface area (Å²) >= 11 is 0. The predicted octanol–water partition coefficient (Wildman–Crippen LogP) is 4.24. The lowest BCUT2D eigenvalue weighted by Gasteiger charge is -2.27.